The van der Waals surface area contributed by atoms with Crippen LogP contribution in [-0.2, 0) is 0 Å². The molecule has 1 unspecified atom stereocenters. The van der Waals surface area contributed by atoms with E-state index in [1.807, 2.05) is 30.3 Å². The van der Waals surface area contributed by atoms with Crippen LogP contribution in [-0.4, -0.2) is 17.1 Å². The fraction of sp³-hybridized carbons (Fsp3) is 0.0714. The molecule has 2 aromatic carbocycles. The highest BCUT2D eigenvalue weighted by Gasteiger charge is 2.23. The third-order valence-corrected chi connectivity index (χ3v) is 2.90. The minimum absolute atomic E-state index is 0.427. The average Bonchev–Trinajstić information content (AvgIpc) is 2.43. The van der Waals surface area contributed by atoms with Crippen LogP contribution in [0.4, 0.5) is 5.69 Å². The summed E-state index contributed by atoms with van der Waals surface area (Å²) in [4.78, 5) is 12.0. The van der Waals surface area contributed by atoms with E-state index in [0.29, 0.717) is 11.3 Å². The minimum atomic E-state index is -1.43. The second kappa shape index (κ2) is 4.16. The summed E-state index contributed by atoms with van der Waals surface area (Å²) < 4.78 is 0. The standard InChI is InChI=1S/C14H10N2O2/c17-13-11-7-2-1-5-9(11)10-6-3-4-8-12(10)15-16-14(13)18/h1-8,14,18H. The number of carbonyl (C=O) groups excluding carboxylic acids is 1. The molecule has 0 spiro atoms. The van der Waals surface area contributed by atoms with Crippen LogP contribution in [0.15, 0.2) is 58.8 Å². The Morgan fingerprint density at radius 1 is 0.889 bits per heavy atom. The molecule has 0 aromatic heterocycles. The molecule has 4 nitrogen and oxygen atoms in total. The minimum Gasteiger partial charge on any atom is -0.364 e. The van der Waals surface area contributed by atoms with Crippen molar-refractivity contribution >= 4 is 11.5 Å². The van der Waals surface area contributed by atoms with E-state index in [1.54, 1.807) is 18.2 Å². The van der Waals surface area contributed by atoms with Crippen molar-refractivity contribution in [2.24, 2.45) is 10.2 Å². The van der Waals surface area contributed by atoms with Gasteiger partial charge in [-0.3, -0.25) is 4.79 Å². The number of hydrogen-bond acceptors (Lipinski definition) is 4. The molecule has 0 bridgehead atoms. The average molecular weight is 238 g/mol. The second-order valence-electron chi connectivity index (χ2n) is 4.02. The molecule has 88 valence electrons. The molecule has 1 N–H and O–H groups in total. The van der Waals surface area contributed by atoms with Crippen LogP contribution in [0.25, 0.3) is 11.1 Å². The molecule has 2 aromatic rings. The van der Waals surface area contributed by atoms with Gasteiger partial charge in [-0.15, -0.1) is 5.11 Å². The number of hydrogen-bond donors (Lipinski definition) is 1. The van der Waals surface area contributed by atoms with Gasteiger partial charge in [0.05, 0.1) is 5.69 Å². The number of azo groups is 1. The highest BCUT2D eigenvalue weighted by Crippen LogP contribution is 2.34. The summed E-state index contributed by atoms with van der Waals surface area (Å²) in [6.45, 7) is 0. The molecule has 1 heterocycles. The zero-order valence-corrected chi connectivity index (χ0v) is 9.45. The molecule has 0 radical (unpaired) electrons. The van der Waals surface area contributed by atoms with Gasteiger partial charge >= 0.3 is 0 Å². The molecule has 0 fully saturated rings. The van der Waals surface area contributed by atoms with Crippen LogP contribution < -0.4 is 0 Å². The van der Waals surface area contributed by atoms with Crippen molar-refractivity contribution in [3.05, 3.63) is 54.1 Å². The van der Waals surface area contributed by atoms with Crippen LogP contribution in [0.5, 0.6) is 0 Å². The maximum absolute atomic E-state index is 12.0. The summed E-state index contributed by atoms with van der Waals surface area (Å²) in [6, 6.07) is 14.6. The lowest BCUT2D eigenvalue weighted by Crippen LogP contribution is -2.19. The summed E-state index contributed by atoms with van der Waals surface area (Å²) in [6.07, 6.45) is -1.43. The summed E-state index contributed by atoms with van der Waals surface area (Å²) in [5.41, 5.74) is 2.74. The fourth-order valence-corrected chi connectivity index (χ4v) is 2.03. The molecule has 18 heavy (non-hydrogen) atoms. The van der Waals surface area contributed by atoms with Crippen LogP contribution >= 0.6 is 0 Å². The van der Waals surface area contributed by atoms with Gasteiger partial charge in [-0.05, 0) is 11.6 Å². The Hall–Kier alpha value is -2.33. The first-order valence-electron chi connectivity index (χ1n) is 5.59. The van der Waals surface area contributed by atoms with Gasteiger partial charge in [-0.25, -0.2) is 0 Å². The zero-order valence-electron chi connectivity index (χ0n) is 9.45. The first-order valence-corrected chi connectivity index (χ1v) is 5.59. The monoisotopic (exact) mass is 238 g/mol. The van der Waals surface area contributed by atoms with Crippen molar-refractivity contribution in [2.45, 2.75) is 6.23 Å². The number of benzene rings is 2. The van der Waals surface area contributed by atoms with Crippen molar-refractivity contribution < 1.29 is 9.90 Å². The molecule has 4 heteroatoms. The Balaban J connectivity index is 2.34. The molecule has 0 saturated heterocycles. The maximum Gasteiger partial charge on any atom is 0.230 e. The summed E-state index contributed by atoms with van der Waals surface area (Å²) in [5.74, 6) is -0.427. The first kappa shape index (κ1) is 10.8. The largest absolute Gasteiger partial charge is 0.364 e. The van der Waals surface area contributed by atoms with Gasteiger partial charge < -0.3 is 5.11 Å². The number of aliphatic hydroxyl groups excluding tert-OH is 1. The van der Waals surface area contributed by atoms with Gasteiger partial charge in [0.25, 0.3) is 0 Å². The Kier molecular flexibility index (Phi) is 2.50. The predicted octanol–water partition coefficient (Wildman–Crippen LogP) is 2.95. The van der Waals surface area contributed by atoms with E-state index in [0.717, 1.165) is 11.1 Å². The molecule has 3 rings (SSSR count). The van der Waals surface area contributed by atoms with Crippen LogP contribution in [0.1, 0.15) is 10.4 Å². The Morgan fingerprint density at radius 2 is 1.50 bits per heavy atom. The van der Waals surface area contributed by atoms with Crippen LogP contribution in [0, 0.1) is 0 Å². The topological polar surface area (TPSA) is 62.0 Å². The van der Waals surface area contributed by atoms with Gasteiger partial charge in [0.15, 0.2) is 0 Å². The highest BCUT2D eigenvalue weighted by molar-refractivity contribution is 6.06. The number of rotatable bonds is 0. The van der Waals surface area contributed by atoms with Crippen LogP contribution in [0.2, 0.25) is 0 Å². The van der Waals surface area contributed by atoms with Crippen molar-refractivity contribution in [1.82, 2.24) is 0 Å². The lowest BCUT2D eigenvalue weighted by atomic mass is 9.95. The number of carbonyl (C=O) groups is 1. The number of Topliss-reactive ketones (excluding diaryl/α,β-unsaturated/α-hetero) is 1. The zero-order chi connectivity index (χ0) is 12.5. The van der Waals surface area contributed by atoms with E-state index in [1.165, 1.54) is 0 Å². The number of ketones is 1. The molecule has 1 atom stereocenters. The summed E-state index contributed by atoms with van der Waals surface area (Å²) in [5, 5.41) is 17.2. The molecule has 0 amide bonds. The number of nitrogens with zero attached hydrogens (tertiary/aromatic N) is 2. The molecule has 0 saturated carbocycles. The molecule has 0 aliphatic carbocycles. The van der Waals surface area contributed by atoms with Crippen molar-refractivity contribution in [3.63, 3.8) is 0 Å². The Labute approximate surface area is 104 Å². The normalized spacial score (nSPS) is 17.6. The van der Waals surface area contributed by atoms with Crippen molar-refractivity contribution in [2.75, 3.05) is 0 Å². The second-order valence-corrected chi connectivity index (χ2v) is 4.02. The number of aliphatic hydroxyl groups is 1. The van der Waals surface area contributed by atoms with E-state index in [2.05, 4.69) is 10.2 Å². The first-order chi connectivity index (χ1) is 8.77. The fourth-order valence-electron chi connectivity index (χ4n) is 2.03. The molecular weight excluding hydrogens is 228 g/mol. The number of fused-ring (bicyclic) bond motifs is 3. The van der Waals surface area contributed by atoms with E-state index in [9.17, 15) is 9.90 Å². The SMILES string of the molecule is O=C1c2ccccc2-c2ccccc2N=NC1O. The van der Waals surface area contributed by atoms with E-state index >= 15 is 0 Å². The summed E-state index contributed by atoms with van der Waals surface area (Å²) >= 11 is 0. The highest BCUT2D eigenvalue weighted by atomic mass is 16.3. The quantitative estimate of drug-likeness (QED) is 0.766. The van der Waals surface area contributed by atoms with E-state index < -0.39 is 12.0 Å². The molecular formula is C14H10N2O2. The Morgan fingerprint density at radius 3 is 2.28 bits per heavy atom. The van der Waals surface area contributed by atoms with E-state index in [4.69, 9.17) is 0 Å². The Bertz CT molecular complexity index is 650. The third kappa shape index (κ3) is 1.63. The molecule has 1 aliphatic heterocycles. The van der Waals surface area contributed by atoms with Gasteiger partial charge in [-0.1, -0.05) is 42.5 Å². The van der Waals surface area contributed by atoms with Gasteiger partial charge in [0.2, 0.25) is 12.0 Å². The van der Waals surface area contributed by atoms with Gasteiger partial charge in [-0.2, -0.15) is 5.11 Å². The lowest BCUT2D eigenvalue weighted by Gasteiger charge is -2.14. The van der Waals surface area contributed by atoms with Crippen molar-refractivity contribution in [3.8, 4) is 11.1 Å². The van der Waals surface area contributed by atoms with Crippen LogP contribution in [0.3, 0.4) is 0 Å². The summed E-state index contributed by atoms with van der Waals surface area (Å²) in [7, 11) is 0. The molecule has 1 aliphatic rings. The van der Waals surface area contributed by atoms with Crippen molar-refractivity contribution in [1.29, 1.82) is 0 Å². The lowest BCUT2D eigenvalue weighted by molar-refractivity contribution is 0.0752. The van der Waals surface area contributed by atoms with Gasteiger partial charge in [0.1, 0.15) is 0 Å². The third-order valence-electron chi connectivity index (χ3n) is 2.90. The smallest absolute Gasteiger partial charge is 0.230 e. The predicted molar refractivity (Wildman–Crippen MR) is 66.7 cm³/mol. The van der Waals surface area contributed by atoms with Gasteiger partial charge in [0, 0.05) is 11.1 Å². The van der Waals surface area contributed by atoms with E-state index in [-0.39, 0.29) is 0 Å². The maximum atomic E-state index is 12.0.